The van der Waals surface area contributed by atoms with Gasteiger partial charge in [-0.3, -0.25) is 4.79 Å². The summed E-state index contributed by atoms with van der Waals surface area (Å²) in [6, 6.07) is 8.41. The number of nitrogens with one attached hydrogen (secondary N) is 1. The van der Waals surface area contributed by atoms with E-state index in [9.17, 15) is 9.90 Å². The topological polar surface area (TPSA) is 49.3 Å². The number of amides is 1. The highest BCUT2D eigenvalue weighted by Crippen LogP contribution is 2.37. The lowest BCUT2D eigenvalue weighted by atomic mass is 9.85. The van der Waals surface area contributed by atoms with E-state index in [2.05, 4.69) is 37.4 Å². The molecule has 3 nitrogen and oxygen atoms in total. The van der Waals surface area contributed by atoms with Crippen molar-refractivity contribution in [3.8, 4) is 0 Å². The van der Waals surface area contributed by atoms with Gasteiger partial charge in [-0.05, 0) is 31.7 Å². The average Bonchev–Trinajstić information content (AvgIpc) is 2.79. The van der Waals surface area contributed by atoms with Crippen molar-refractivity contribution in [2.75, 3.05) is 6.61 Å². The van der Waals surface area contributed by atoms with Crippen molar-refractivity contribution in [1.82, 2.24) is 5.32 Å². The van der Waals surface area contributed by atoms with Crippen molar-refractivity contribution in [3.63, 3.8) is 0 Å². The first-order valence-electron chi connectivity index (χ1n) is 7.49. The number of carbonyl (C=O) groups excluding carboxylic acids is 1. The minimum Gasteiger partial charge on any atom is -0.396 e. The summed E-state index contributed by atoms with van der Waals surface area (Å²) < 4.78 is 0. The van der Waals surface area contributed by atoms with Crippen LogP contribution in [0.4, 0.5) is 0 Å². The highest BCUT2D eigenvalue weighted by Gasteiger charge is 2.38. The van der Waals surface area contributed by atoms with Gasteiger partial charge in [0, 0.05) is 17.9 Å². The smallest absolute Gasteiger partial charge is 0.220 e. The zero-order valence-corrected chi connectivity index (χ0v) is 12.5. The van der Waals surface area contributed by atoms with Crippen LogP contribution in [0.5, 0.6) is 0 Å². The van der Waals surface area contributed by atoms with Gasteiger partial charge in [-0.15, -0.1) is 0 Å². The van der Waals surface area contributed by atoms with Crippen molar-refractivity contribution in [1.29, 1.82) is 0 Å². The van der Waals surface area contributed by atoms with Crippen LogP contribution in [0.15, 0.2) is 24.3 Å². The Morgan fingerprint density at radius 2 is 2.30 bits per heavy atom. The SMILES string of the molecule is Cc1cccc(CCC(=O)NC2CCCC2(C)CO)c1. The van der Waals surface area contributed by atoms with Crippen LogP contribution in [-0.2, 0) is 11.2 Å². The molecule has 2 atom stereocenters. The molecule has 3 heteroatoms. The van der Waals surface area contributed by atoms with E-state index in [0.29, 0.717) is 6.42 Å². The van der Waals surface area contributed by atoms with Gasteiger partial charge in [-0.2, -0.15) is 0 Å². The maximum Gasteiger partial charge on any atom is 0.220 e. The minimum atomic E-state index is -0.140. The summed E-state index contributed by atoms with van der Waals surface area (Å²) >= 11 is 0. The molecule has 2 N–H and O–H groups in total. The molecule has 2 rings (SSSR count). The standard InChI is InChI=1S/C17H25NO2/c1-13-5-3-6-14(11-13)8-9-16(20)18-15-7-4-10-17(15,2)12-19/h3,5-6,11,15,19H,4,7-10,12H2,1-2H3,(H,18,20). The van der Waals surface area contributed by atoms with E-state index in [1.807, 2.05) is 6.07 Å². The Morgan fingerprint density at radius 3 is 3.00 bits per heavy atom. The van der Waals surface area contributed by atoms with E-state index in [1.165, 1.54) is 11.1 Å². The van der Waals surface area contributed by atoms with Gasteiger partial charge >= 0.3 is 0 Å². The molecule has 1 fully saturated rings. The number of hydrogen-bond acceptors (Lipinski definition) is 2. The van der Waals surface area contributed by atoms with Gasteiger partial charge in [0.05, 0.1) is 6.61 Å². The summed E-state index contributed by atoms with van der Waals surface area (Å²) in [7, 11) is 0. The van der Waals surface area contributed by atoms with Crippen LogP contribution < -0.4 is 5.32 Å². The molecule has 0 aromatic heterocycles. The molecule has 20 heavy (non-hydrogen) atoms. The van der Waals surface area contributed by atoms with Crippen LogP contribution in [0.25, 0.3) is 0 Å². The summed E-state index contributed by atoms with van der Waals surface area (Å²) in [6.07, 6.45) is 4.34. The molecule has 1 aliphatic carbocycles. The lowest BCUT2D eigenvalue weighted by Crippen LogP contribution is -2.44. The van der Waals surface area contributed by atoms with Gasteiger partial charge in [-0.1, -0.05) is 43.2 Å². The molecular weight excluding hydrogens is 250 g/mol. The molecule has 0 radical (unpaired) electrons. The van der Waals surface area contributed by atoms with E-state index in [-0.39, 0.29) is 24.0 Å². The Bertz CT molecular complexity index is 472. The van der Waals surface area contributed by atoms with Crippen molar-refractivity contribution in [3.05, 3.63) is 35.4 Å². The van der Waals surface area contributed by atoms with Crippen LogP contribution in [0.1, 0.15) is 43.7 Å². The Kier molecular flexibility index (Phi) is 4.81. The van der Waals surface area contributed by atoms with Crippen LogP contribution in [0.2, 0.25) is 0 Å². The third-order valence-electron chi connectivity index (χ3n) is 4.50. The highest BCUT2D eigenvalue weighted by molar-refractivity contribution is 5.76. The fraction of sp³-hybridized carbons (Fsp3) is 0.588. The van der Waals surface area contributed by atoms with Crippen molar-refractivity contribution in [2.45, 2.75) is 52.0 Å². The lowest BCUT2D eigenvalue weighted by molar-refractivity contribution is -0.122. The molecule has 0 spiro atoms. The van der Waals surface area contributed by atoms with Crippen molar-refractivity contribution < 1.29 is 9.90 Å². The molecule has 1 aromatic carbocycles. The third kappa shape index (κ3) is 3.60. The van der Waals surface area contributed by atoms with E-state index < -0.39 is 0 Å². The van der Waals surface area contributed by atoms with Gasteiger partial charge in [-0.25, -0.2) is 0 Å². The molecule has 1 saturated carbocycles. The number of hydrogen-bond donors (Lipinski definition) is 2. The monoisotopic (exact) mass is 275 g/mol. The average molecular weight is 275 g/mol. The second kappa shape index (κ2) is 6.40. The van der Waals surface area contributed by atoms with E-state index in [1.54, 1.807) is 0 Å². The van der Waals surface area contributed by atoms with Crippen LogP contribution >= 0.6 is 0 Å². The van der Waals surface area contributed by atoms with Gasteiger partial charge in [0.15, 0.2) is 0 Å². The highest BCUT2D eigenvalue weighted by atomic mass is 16.3. The maximum absolute atomic E-state index is 12.1. The second-order valence-electron chi connectivity index (χ2n) is 6.31. The fourth-order valence-electron chi connectivity index (χ4n) is 3.06. The molecule has 1 aliphatic rings. The molecule has 0 heterocycles. The van der Waals surface area contributed by atoms with E-state index in [0.717, 1.165) is 25.7 Å². The summed E-state index contributed by atoms with van der Waals surface area (Å²) in [5, 5.41) is 12.6. The van der Waals surface area contributed by atoms with Crippen LogP contribution in [0, 0.1) is 12.3 Å². The van der Waals surface area contributed by atoms with Gasteiger partial charge in [0.1, 0.15) is 0 Å². The summed E-state index contributed by atoms with van der Waals surface area (Å²) in [5.41, 5.74) is 2.29. The predicted octanol–water partition coefficient (Wildman–Crippen LogP) is 2.59. The minimum absolute atomic E-state index is 0.0954. The number of rotatable bonds is 5. The number of aliphatic hydroxyl groups is 1. The van der Waals surface area contributed by atoms with Gasteiger partial charge in [0.25, 0.3) is 0 Å². The van der Waals surface area contributed by atoms with E-state index in [4.69, 9.17) is 0 Å². The van der Waals surface area contributed by atoms with Gasteiger partial charge in [0.2, 0.25) is 5.91 Å². The largest absolute Gasteiger partial charge is 0.396 e. The molecule has 0 bridgehead atoms. The first-order chi connectivity index (χ1) is 9.53. The predicted molar refractivity (Wildman–Crippen MR) is 80.5 cm³/mol. The normalized spacial score (nSPS) is 25.6. The summed E-state index contributed by atoms with van der Waals surface area (Å²) in [5.74, 6) is 0.0954. The van der Waals surface area contributed by atoms with Crippen molar-refractivity contribution >= 4 is 5.91 Å². The number of benzene rings is 1. The molecule has 0 saturated heterocycles. The molecule has 1 aromatic rings. The number of aryl methyl sites for hydroxylation is 2. The third-order valence-corrected chi connectivity index (χ3v) is 4.50. The Morgan fingerprint density at radius 1 is 1.50 bits per heavy atom. The zero-order chi connectivity index (χ0) is 14.6. The number of aliphatic hydroxyl groups excluding tert-OH is 1. The first kappa shape index (κ1) is 15.0. The molecule has 0 aliphatic heterocycles. The Labute approximate surface area is 121 Å². The van der Waals surface area contributed by atoms with Crippen molar-refractivity contribution in [2.24, 2.45) is 5.41 Å². The lowest BCUT2D eigenvalue weighted by Gasteiger charge is -2.30. The molecule has 1 amide bonds. The fourth-order valence-corrected chi connectivity index (χ4v) is 3.06. The Balaban J connectivity index is 1.84. The van der Waals surface area contributed by atoms with Crippen LogP contribution in [-0.4, -0.2) is 23.7 Å². The maximum atomic E-state index is 12.1. The summed E-state index contributed by atoms with van der Waals surface area (Å²) in [4.78, 5) is 12.1. The first-order valence-corrected chi connectivity index (χ1v) is 7.49. The van der Waals surface area contributed by atoms with Gasteiger partial charge < -0.3 is 10.4 Å². The number of carbonyl (C=O) groups is 1. The molecular formula is C17H25NO2. The van der Waals surface area contributed by atoms with E-state index >= 15 is 0 Å². The quantitative estimate of drug-likeness (QED) is 0.868. The summed E-state index contributed by atoms with van der Waals surface area (Å²) in [6.45, 7) is 4.27. The van der Waals surface area contributed by atoms with Crippen LogP contribution in [0.3, 0.4) is 0 Å². The second-order valence-corrected chi connectivity index (χ2v) is 6.31. The Hall–Kier alpha value is -1.35. The zero-order valence-electron chi connectivity index (χ0n) is 12.5. The molecule has 110 valence electrons. The molecule has 2 unspecified atom stereocenters.